The summed E-state index contributed by atoms with van der Waals surface area (Å²) in [6.45, 7) is 0. The van der Waals surface area contributed by atoms with Gasteiger partial charge in [-0.15, -0.1) is 0 Å². The van der Waals surface area contributed by atoms with Gasteiger partial charge in [0.1, 0.15) is 5.84 Å². The number of amides is 2. The zero-order chi connectivity index (χ0) is 19.7. The minimum atomic E-state index is -1.23. The van der Waals surface area contributed by atoms with Crippen molar-refractivity contribution in [2.75, 3.05) is 5.32 Å². The first-order chi connectivity index (χ1) is 12.2. The van der Waals surface area contributed by atoms with E-state index in [1.165, 1.54) is 0 Å². The molecule has 0 fully saturated rings. The van der Waals surface area contributed by atoms with Crippen molar-refractivity contribution in [3.8, 4) is 0 Å². The third kappa shape index (κ3) is 7.90. The first kappa shape index (κ1) is 20.6. The Balaban J connectivity index is 2.47. The highest BCUT2D eigenvalue weighted by molar-refractivity contribution is 5.96. The highest BCUT2D eigenvalue weighted by atomic mass is 16.4. The molecule has 0 saturated heterocycles. The van der Waals surface area contributed by atoms with E-state index in [2.05, 4.69) is 10.6 Å². The van der Waals surface area contributed by atoms with E-state index in [1.54, 1.807) is 24.3 Å². The van der Waals surface area contributed by atoms with Crippen LogP contribution in [0.15, 0.2) is 24.3 Å². The van der Waals surface area contributed by atoms with Gasteiger partial charge in [-0.1, -0.05) is 0 Å². The van der Waals surface area contributed by atoms with E-state index in [4.69, 9.17) is 21.4 Å². The lowest BCUT2D eigenvalue weighted by Gasteiger charge is -2.14. The minimum Gasteiger partial charge on any atom is -0.481 e. The van der Waals surface area contributed by atoms with Gasteiger partial charge >= 0.3 is 11.9 Å². The van der Waals surface area contributed by atoms with Crippen LogP contribution < -0.4 is 16.4 Å². The second-order valence-electron chi connectivity index (χ2n) is 5.50. The molecule has 0 heterocycles. The summed E-state index contributed by atoms with van der Waals surface area (Å²) < 4.78 is 0. The molecule has 10 heteroatoms. The number of aliphatic carboxylic acids is 2. The van der Waals surface area contributed by atoms with Gasteiger partial charge in [-0.2, -0.15) is 0 Å². The van der Waals surface area contributed by atoms with Crippen LogP contribution in [0, 0.1) is 5.41 Å². The minimum absolute atomic E-state index is 0.100. The number of anilines is 1. The predicted octanol–water partition coefficient (Wildman–Crippen LogP) is 0.124. The number of hydrogen-bond acceptors (Lipinski definition) is 5. The lowest BCUT2D eigenvalue weighted by atomic mass is 10.1. The molecule has 1 aromatic rings. The van der Waals surface area contributed by atoms with Gasteiger partial charge in [0.15, 0.2) is 0 Å². The van der Waals surface area contributed by atoms with Gasteiger partial charge in [0.25, 0.3) is 0 Å². The summed E-state index contributed by atoms with van der Waals surface area (Å²) in [6, 6.07) is 5.20. The summed E-state index contributed by atoms with van der Waals surface area (Å²) in [6.07, 6.45) is -1.42. The number of hydrogen-bond donors (Lipinski definition) is 6. The summed E-state index contributed by atoms with van der Waals surface area (Å²) in [7, 11) is 0. The first-order valence-corrected chi connectivity index (χ1v) is 7.64. The zero-order valence-corrected chi connectivity index (χ0v) is 13.8. The van der Waals surface area contributed by atoms with Crippen molar-refractivity contribution in [1.82, 2.24) is 5.32 Å². The van der Waals surface area contributed by atoms with Crippen LogP contribution in [0.25, 0.3) is 0 Å². The van der Waals surface area contributed by atoms with E-state index >= 15 is 0 Å². The number of carbonyl (C=O) groups excluding carboxylic acids is 2. The van der Waals surface area contributed by atoms with Crippen LogP contribution in [0.2, 0.25) is 0 Å². The fraction of sp³-hybridized carbons (Fsp3) is 0.312. The molecule has 0 atom stereocenters. The Kier molecular flexibility index (Phi) is 7.74. The van der Waals surface area contributed by atoms with E-state index < -0.39 is 42.6 Å². The highest BCUT2D eigenvalue weighted by Crippen LogP contribution is 2.10. The fourth-order valence-electron chi connectivity index (χ4n) is 2.08. The van der Waals surface area contributed by atoms with E-state index in [0.29, 0.717) is 11.3 Å². The maximum atomic E-state index is 11.8. The number of nitrogen functional groups attached to an aromatic ring is 1. The topological polar surface area (TPSA) is 183 Å². The monoisotopic (exact) mass is 364 g/mol. The Hall–Kier alpha value is -3.43. The predicted molar refractivity (Wildman–Crippen MR) is 91.8 cm³/mol. The molecule has 0 spiro atoms. The highest BCUT2D eigenvalue weighted by Gasteiger charge is 2.19. The maximum Gasteiger partial charge on any atom is 0.305 e. The number of rotatable bonds is 10. The summed E-state index contributed by atoms with van der Waals surface area (Å²) in [5.41, 5.74) is 6.30. The van der Waals surface area contributed by atoms with Crippen LogP contribution in [0.3, 0.4) is 0 Å². The standard InChI is InChI=1S/C16H20N4O6/c17-16(18)9-1-3-10(4-2-9)19-12(21)5-6-13(22)20-11(7-14(23)24)8-15(25)26/h1-4,11H,5-8H2,(H3,17,18)(H,19,21)(H,20,22)(H,23,24)(H,25,26). The molecule has 1 rings (SSSR count). The van der Waals surface area contributed by atoms with Crippen molar-refractivity contribution in [1.29, 1.82) is 5.41 Å². The average molecular weight is 364 g/mol. The maximum absolute atomic E-state index is 11.8. The molecule has 10 nitrogen and oxygen atoms in total. The van der Waals surface area contributed by atoms with Crippen LogP contribution in [-0.4, -0.2) is 45.8 Å². The molecule has 0 saturated carbocycles. The van der Waals surface area contributed by atoms with E-state index in [0.717, 1.165) is 0 Å². The zero-order valence-electron chi connectivity index (χ0n) is 13.8. The molecule has 26 heavy (non-hydrogen) atoms. The summed E-state index contributed by atoms with van der Waals surface area (Å²) in [5.74, 6) is -3.62. The third-order valence-electron chi connectivity index (χ3n) is 3.27. The van der Waals surface area contributed by atoms with Crippen LogP contribution >= 0.6 is 0 Å². The van der Waals surface area contributed by atoms with Crippen LogP contribution in [0.1, 0.15) is 31.2 Å². The number of amidine groups is 1. The molecule has 140 valence electrons. The van der Waals surface area contributed by atoms with Crippen molar-refractivity contribution in [2.24, 2.45) is 5.73 Å². The van der Waals surface area contributed by atoms with Gasteiger partial charge < -0.3 is 26.6 Å². The van der Waals surface area contributed by atoms with Gasteiger partial charge in [0.2, 0.25) is 11.8 Å². The molecule has 1 aromatic carbocycles. The van der Waals surface area contributed by atoms with Crippen LogP contribution in [0.4, 0.5) is 5.69 Å². The summed E-state index contributed by atoms with van der Waals surface area (Å²) in [5, 5.41) is 29.6. The molecule has 0 unspecified atom stereocenters. The number of carboxylic acid groups (broad SMARTS) is 2. The van der Waals surface area contributed by atoms with Gasteiger partial charge in [0, 0.05) is 30.1 Å². The van der Waals surface area contributed by atoms with Crippen LogP contribution in [-0.2, 0) is 19.2 Å². The van der Waals surface area contributed by atoms with Crippen molar-refractivity contribution in [2.45, 2.75) is 31.7 Å². The third-order valence-corrected chi connectivity index (χ3v) is 3.27. The molecule has 7 N–H and O–H groups in total. The Bertz CT molecular complexity index is 685. The van der Waals surface area contributed by atoms with Crippen molar-refractivity contribution in [3.63, 3.8) is 0 Å². The second-order valence-corrected chi connectivity index (χ2v) is 5.50. The molecular weight excluding hydrogens is 344 g/mol. The Labute approximate surface area is 148 Å². The van der Waals surface area contributed by atoms with E-state index in [9.17, 15) is 19.2 Å². The molecule has 0 aliphatic carbocycles. The SMILES string of the molecule is N=C(N)c1ccc(NC(=O)CCC(=O)NC(CC(=O)O)CC(=O)O)cc1. The first-order valence-electron chi connectivity index (χ1n) is 7.64. The molecule has 0 aliphatic rings. The quantitative estimate of drug-likeness (QED) is 0.252. The summed E-state index contributed by atoms with van der Waals surface area (Å²) >= 11 is 0. The lowest BCUT2D eigenvalue weighted by Crippen LogP contribution is -2.38. The van der Waals surface area contributed by atoms with Gasteiger partial charge in [-0.05, 0) is 24.3 Å². The number of carboxylic acids is 2. The molecule has 0 aliphatic heterocycles. The molecule has 0 bridgehead atoms. The molecule has 0 aromatic heterocycles. The number of nitrogens with two attached hydrogens (primary N) is 1. The van der Waals surface area contributed by atoms with Crippen LogP contribution in [0.5, 0.6) is 0 Å². The van der Waals surface area contributed by atoms with Crippen molar-refractivity contribution in [3.05, 3.63) is 29.8 Å². The lowest BCUT2D eigenvalue weighted by molar-refractivity contribution is -0.140. The number of nitrogens with one attached hydrogen (secondary N) is 3. The normalized spacial score (nSPS) is 10.2. The van der Waals surface area contributed by atoms with Gasteiger partial charge in [-0.3, -0.25) is 24.6 Å². The molecular formula is C16H20N4O6. The second kappa shape index (κ2) is 9.77. The number of carbonyl (C=O) groups is 4. The van der Waals surface area contributed by atoms with E-state index in [1.807, 2.05) is 0 Å². The Morgan fingerprint density at radius 2 is 1.46 bits per heavy atom. The Morgan fingerprint density at radius 3 is 1.92 bits per heavy atom. The fourth-order valence-corrected chi connectivity index (χ4v) is 2.08. The van der Waals surface area contributed by atoms with Crippen molar-refractivity contribution >= 4 is 35.3 Å². The van der Waals surface area contributed by atoms with Gasteiger partial charge in [0.05, 0.1) is 12.8 Å². The van der Waals surface area contributed by atoms with Gasteiger partial charge in [-0.25, -0.2) is 0 Å². The van der Waals surface area contributed by atoms with E-state index in [-0.39, 0.29) is 18.7 Å². The number of benzene rings is 1. The molecule has 0 radical (unpaired) electrons. The smallest absolute Gasteiger partial charge is 0.305 e. The summed E-state index contributed by atoms with van der Waals surface area (Å²) in [4.78, 5) is 45.0. The van der Waals surface area contributed by atoms with Crippen molar-refractivity contribution < 1.29 is 29.4 Å². The average Bonchev–Trinajstić information content (AvgIpc) is 2.52. The Morgan fingerprint density at radius 1 is 0.962 bits per heavy atom. The molecule has 2 amide bonds. The largest absolute Gasteiger partial charge is 0.481 e.